The van der Waals surface area contributed by atoms with Crippen LogP contribution in [-0.4, -0.2) is 68.9 Å². The minimum Gasteiger partial charge on any atom is -0.491 e. The van der Waals surface area contributed by atoms with Crippen LogP contribution in [0.5, 0.6) is 5.75 Å². The van der Waals surface area contributed by atoms with E-state index in [0.717, 1.165) is 5.65 Å². The van der Waals surface area contributed by atoms with Gasteiger partial charge in [0.25, 0.3) is 0 Å². The SMILES string of the molecule is Cn1ccc(-c2cc([C@@H]3O[C@H](COc4ccn5ccnc5c4)[C@@H](O)[C@H]3O)n3ncnc(N)c23)n1. The maximum atomic E-state index is 10.9. The van der Waals surface area contributed by atoms with Gasteiger partial charge in [-0.25, -0.2) is 14.5 Å². The highest BCUT2D eigenvalue weighted by Gasteiger charge is 2.45. The maximum Gasteiger partial charge on any atom is 0.152 e. The first-order chi connectivity index (χ1) is 16.5. The number of imidazole rings is 1. The zero-order chi connectivity index (χ0) is 23.4. The van der Waals surface area contributed by atoms with E-state index in [2.05, 4.69) is 20.2 Å². The second-order valence-corrected chi connectivity index (χ2v) is 8.21. The number of nitrogen functional groups attached to an aromatic ring is 1. The van der Waals surface area contributed by atoms with Gasteiger partial charge in [0.2, 0.25) is 0 Å². The topological polar surface area (TPSA) is 150 Å². The molecule has 1 fully saturated rings. The molecule has 4 N–H and O–H groups in total. The molecule has 12 nitrogen and oxygen atoms in total. The summed E-state index contributed by atoms with van der Waals surface area (Å²) in [5.41, 5.74) is 9.35. The maximum absolute atomic E-state index is 10.9. The Morgan fingerprint density at radius 2 is 2.00 bits per heavy atom. The lowest BCUT2D eigenvalue weighted by molar-refractivity contribution is -0.0187. The number of fused-ring (bicyclic) bond motifs is 2. The molecular formula is C22H22N8O4. The molecule has 34 heavy (non-hydrogen) atoms. The largest absolute Gasteiger partial charge is 0.491 e. The third-order valence-electron chi connectivity index (χ3n) is 6.04. The van der Waals surface area contributed by atoms with Crippen molar-refractivity contribution in [1.29, 1.82) is 0 Å². The first-order valence-corrected chi connectivity index (χ1v) is 10.7. The molecule has 5 aromatic rings. The number of ether oxygens (including phenoxy) is 2. The zero-order valence-corrected chi connectivity index (χ0v) is 18.1. The van der Waals surface area contributed by atoms with Crippen LogP contribution in [-0.2, 0) is 11.8 Å². The van der Waals surface area contributed by atoms with Gasteiger partial charge < -0.3 is 29.8 Å². The van der Waals surface area contributed by atoms with Gasteiger partial charge in [-0.15, -0.1) is 0 Å². The molecule has 0 unspecified atom stereocenters. The van der Waals surface area contributed by atoms with Gasteiger partial charge in [-0.3, -0.25) is 4.68 Å². The van der Waals surface area contributed by atoms with Gasteiger partial charge in [0.1, 0.15) is 54.3 Å². The summed E-state index contributed by atoms with van der Waals surface area (Å²) >= 11 is 0. The van der Waals surface area contributed by atoms with E-state index in [1.165, 1.54) is 6.33 Å². The summed E-state index contributed by atoms with van der Waals surface area (Å²) in [7, 11) is 1.82. The van der Waals surface area contributed by atoms with Gasteiger partial charge in [-0.2, -0.15) is 10.2 Å². The Labute approximate surface area is 192 Å². The number of anilines is 1. The Bertz CT molecular complexity index is 1490. The molecule has 0 amide bonds. The highest BCUT2D eigenvalue weighted by molar-refractivity contribution is 5.86. The standard InChI is InChI=1S/C22H22N8O4/c1-28-5-3-14(27-28)13-9-15(30-18(13)22(23)25-11-26-30)21-20(32)19(31)16(34-21)10-33-12-2-6-29-7-4-24-17(29)8-12/h2-9,11,16,19-21,31-32H,10H2,1H3,(H2,23,25,26)/t16-,19-,20-,21+/m1/s1. The molecule has 0 aromatic carbocycles. The number of hydrogen-bond donors (Lipinski definition) is 3. The molecule has 0 radical (unpaired) electrons. The van der Waals surface area contributed by atoms with Crippen LogP contribution >= 0.6 is 0 Å². The van der Waals surface area contributed by atoms with Crippen molar-refractivity contribution in [3.63, 3.8) is 0 Å². The first kappa shape index (κ1) is 20.6. The number of nitrogens with two attached hydrogens (primary N) is 1. The molecule has 12 heteroatoms. The molecule has 1 aliphatic rings. The van der Waals surface area contributed by atoms with Gasteiger partial charge in [0, 0.05) is 43.5 Å². The molecular weight excluding hydrogens is 440 g/mol. The number of pyridine rings is 1. The van der Waals surface area contributed by atoms with E-state index in [0.29, 0.717) is 28.2 Å². The molecule has 0 aliphatic carbocycles. The summed E-state index contributed by atoms with van der Waals surface area (Å²) in [5.74, 6) is 0.850. The number of aromatic nitrogens is 7. The normalized spacial score (nSPS) is 22.7. The van der Waals surface area contributed by atoms with E-state index < -0.39 is 24.4 Å². The zero-order valence-electron chi connectivity index (χ0n) is 18.1. The quantitative estimate of drug-likeness (QED) is 0.341. The van der Waals surface area contributed by atoms with E-state index in [-0.39, 0.29) is 12.4 Å². The van der Waals surface area contributed by atoms with Gasteiger partial charge in [0.05, 0.1) is 11.4 Å². The second-order valence-electron chi connectivity index (χ2n) is 8.21. The van der Waals surface area contributed by atoms with E-state index in [1.54, 1.807) is 33.6 Å². The molecule has 174 valence electrons. The minimum absolute atomic E-state index is 0.0408. The van der Waals surface area contributed by atoms with E-state index in [1.807, 2.05) is 36.1 Å². The van der Waals surface area contributed by atoms with E-state index in [9.17, 15) is 10.2 Å². The number of aliphatic hydroxyl groups is 2. The number of aryl methyl sites for hydroxylation is 1. The summed E-state index contributed by atoms with van der Waals surface area (Å²) in [6.45, 7) is 0.0408. The monoisotopic (exact) mass is 462 g/mol. The van der Waals surface area contributed by atoms with Gasteiger partial charge in [-0.1, -0.05) is 0 Å². The summed E-state index contributed by atoms with van der Waals surface area (Å²) in [6, 6.07) is 7.23. The van der Waals surface area contributed by atoms with E-state index >= 15 is 0 Å². The number of aliphatic hydroxyl groups excluding tert-OH is 2. The average Bonchev–Trinajstić information content (AvgIpc) is 3.60. The predicted octanol–water partition coefficient (Wildman–Crippen LogP) is 0.600. The second kappa shape index (κ2) is 7.80. The highest BCUT2D eigenvalue weighted by Crippen LogP contribution is 2.38. The average molecular weight is 462 g/mol. The fourth-order valence-electron chi connectivity index (χ4n) is 4.34. The Morgan fingerprint density at radius 1 is 1.12 bits per heavy atom. The minimum atomic E-state index is -1.20. The molecule has 0 spiro atoms. The number of rotatable bonds is 5. The molecule has 5 aromatic heterocycles. The van der Waals surface area contributed by atoms with Crippen LogP contribution in [0.4, 0.5) is 5.82 Å². The van der Waals surface area contributed by atoms with Crippen LogP contribution in [0.2, 0.25) is 0 Å². The van der Waals surface area contributed by atoms with Crippen LogP contribution in [0.3, 0.4) is 0 Å². The number of hydrogen-bond acceptors (Lipinski definition) is 9. The van der Waals surface area contributed by atoms with Crippen molar-refractivity contribution in [2.24, 2.45) is 7.05 Å². The first-order valence-electron chi connectivity index (χ1n) is 10.7. The lowest BCUT2D eigenvalue weighted by Gasteiger charge is -2.15. The van der Waals surface area contributed by atoms with Crippen LogP contribution in [0, 0.1) is 0 Å². The molecule has 1 aliphatic heterocycles. The van der Waals surface area contributed by atoms with Crippen molar-refractivity contribution < 1.29 is 19.7 Å². The lowest BCUT2D eigenvalue weighted by Crippen LogP contribution is -2.34. The summed E-state index contributed by atoms with van der Waals surface area (Å²) in [4.78, 5) is 8.33. The van der Waals surface area contributed by atoms with Crippen molar-refractivity contribution in [1.82, 2.24) is 33.8 Å². The Hall–Kier alpha value is -4.00. The van der Waals surface area contributed by atoms with Crippen molar-refractivity contribution in [3.05, 3.63) is 61.1 Å². The van der Waals surface area contributed by atoms with Crippen molar-refractivity contribution >= 4 is 17.0 Å². The van der Waals surface area contributed by atoms with Gasteiger partial charge in [-0.05, 0) is 18.2 Å². The Balaban J connectivity index is 1.30. The molecule has 0 saturated carbocycles. The van der Waals surface area contributed by atoms with Crippen molar-refractivity contribution in [3.8, 4) is 17.0 Å². The van der Waals surface area contributed by atoms with Crippen molar-refractivity contribution in [2.75, 3.05) is 12.3 Å². The third kappa shape index (κ3) is 3.27. The van der Waals surface area contributed by atoms with E-state index in [4.69, 9.17) is 15.2 Å². The molecule has 6 heterocycles. The smallest absolute Gasteiger partial charge is 0.152 e. The Kier molecular flexibility index (Phi) is 4.72. The van der Waals surface area contributed by atoms with Crippen LogP contribution in [0.15, 0.2) is 55.4 Å². The van der Waals surface area contributed by atoms with Gasteiger partial charge in [0.15, 0.2) is 5.82 Å². The molecule has 1 saturated heterocycles. The van der Waals surface area contributed by atoms with Crippen LogP contribution in [0.1, 0.15) is 11.8 Å². The molecule has 6 rings (SSSR count). The summed E-state index contributed by atoms with van der Waals surface area (Å²) < 4.78 is 17.0. The fraction of sp³-hybridized carbons (Fsp3) is 0.273. The Morgan fingerprint density at radius 3 is 2.82 bits per heavy atom. The summed E-state index contributed by atoms with van der Waals surface area (Å²) in [6.07, 6.45) is 4.52. The lowest BCUT2D eigenvalue weighted by atomic mass is 10.1. The van der Waals surface area contributed by atoms with Crippen LogP contribution in [0.25, 0.3) is 22.4 Å². The summed E-state index contributed by atoms with van der Waals surface area (Å²) in [5, 5.41) is 30.3. The van der Waals surface area contributed by atoms with Crippen LogP contribution < -0.4 is 10.5 Å². The number of nitrogens with zero attached hydrogens (tertiary/aromatic N) is 7. The predicted molar refractivity (Wildman–Crippen MR) is 120 cm³/mol. The fourth-order valence-corrected chi connectivity index (χ4v) is 4.34. The molecule has 0 bridgehead atoms. The highest BCUT2D eigenvalue weighted by atomic mass is 16.6. The molecule has 4 atom stereocenters. The van der Waals surface area contributed by atoms with Crippen molar-refractivity contribution in [2.45, 2.75) is 24.4 Å². The third-order valence-corrected chi connectivity index (χ3v) is 6.04. The van der Waals surface area contributed by atoms with Gasteiger partial charge >= 0.3 is 0 Å².